The lowest BCUT2D eigenvalue weighted by Gasteiger charge is -2.32. The predicted octanol–water partition coefficient (Wildman–Crippen LogP) is 2.75. The van der Waals surface area contributed by atoms with E-state index in [4.69, 9.17) is 0 Å². The van der Waals surface area contributed by atoms with Gasteiger partial charge in [-0.15, -0.1) is 11.3 Å². The zero-order chi connectivity index (χ0) is 12.2. The van der Waals surface area contributed by atoms with E-state index in [1.165, 1.54) is 63.2 Å². The van der Waals surface area contributed by atoms with Gasteiger partial charge in [-0.3, -0.25) is 0 Å². The fourth-order valence-electron chi connectivity index (χ4n) is 2.76. The Labute approximate surface area is 114 Å². The van der Waals surface area contributed by atoms with Crippen LogP contribution in [-0.4, -0.2) is 37.1 Å². The summed E-state index contributed by atoms with van der Waals surface area (Å²) < 4.78 is 0. The molecule has 0 amide bonds. The van der Waals surface area contributed by atoms with E-state index in [2.05, 4.69) is 27.7 Å². The van der Waals surface area contributed by atoms with Crippen molar-refractivity contribution in [2.45, 2.75) is 38.1 Å². The molecule has 0 radical (unpaired) electrons. The molecule has 0 spiro atoms. The smallest absolute Gasteiger partial charge is 0.00683 e. The van der Waals surface area contributed by atoms with Crippen molar-refractivity contribution in [2.75, 3.05) is 26.2 Å². The van der Waals surface area contributed by atoms with Crippen LogP contribution in [0.1, 0.15) is 30.6 Å². The summed E-state index contributed by atoms with van der Waals surface area (Å²) in [5.41, 5.74) is 0. The summed E-state index contributed by atoms with van der Waals surface area (Å²) in [6, 6.07) is 5.30. The second-order valence-corrected chi connectivity index (χ2v) is 6.83. The predicted molar refractivity (Wildman–Crippen MR) is 78.2 cm³/mol. The van der Waals surface area contributed by atoms with Gasteiger partial charge in [0.05, 0.1) is 0 Å². The van der Waals surface area contributed by atoms with E-state index in [0.29, 0.717) is 0 Å². The van der Waals surface area contributed by atoms with Gasteiger partial charge in [-0.25, -0.2) is 0 Å². The van der Waals surface area contributed by atoms with Gasteiger partial charge in [-0.05, 0) is 69.1 Å². The number of hydrogen-bond acceptors (Lipinski definition) is 3. The molecular formula is C15H24N2S. The Hall–Kier alpha value is -0.380. The van der Waals surface area contributed by atoms with E-state index in [0.717, 1.165) is 12.0 Å². The lowest BCUT2D eigenvalue weighted by atomic mass is 9.96. The number of nitrogens with zero attached hydrogens (tertiary/aromatic N) is 1. The van der Waals surface area contributed by atoms with Crippen LogP contribution in [0.15, 0.2) is 17.5 Å². The molecule has 0 bridgehead atoms. The summed E-state index contributed by atoms with van der Waals surface area (Å²) in [7, 11) is 0. The molecule has 1 aromatic heterocycles. The minimum atomic E-state index is 0.877. The summed E-state index contributed by atoms with van der Waals surface area (Å²) in [5, 5.41) is 5.86. The van der Waals surface area contributed by atoms with Gasteiger partial charge < -0.3 is 10.2 Å². The SMILES string of the molecule is c1csc(CCN2CCC(CNC3CC3)CC2)c1. The number of nitrogens with one attached hydrogen (secondary N) is 1. The molecule has 1 saturated carbocycles. The molecule has 1 aromatic rings. The lowest BCUT2D eigenvalue weighted by molar-refractivity contribution is 0.184. The van der Waals surface area contributed by atoms with Crippen molar-refractivity contribution in [1.29, 1.82) is 0 Å². The molecule has 1 aliphatic carbocycles. The van der Waals surface area contributed by atoms with Crippen LogP contribution in [0.25, 0.3) is 0 Å². The summed E-state index contributed by atoms with van der Waals surface area (Å²) in [5.74, 6) is 0.934. The molecule has 2 heterocycles. The Morgan fingerprint density at radius 2 is 2.06 bits per heavy atom. The molecule has 2 aliphatic rings. The van der Waals surface area contributed by atoms with Crippen LogP contribution in [0, 0.1) is 5.92 Å². The maximum atomic E-state index is 3.68. The van der Waals surface area contributed by atoms with Crippen molar-refractivity contribution in [2.24, 2.45) is 5.92 Å². The molecule has 1 aliphatic heterocycles. The van der Waals surface area contributed by atoms with Crippen LogP contribution >= 0.6 is 11.3 Å². The Kier molecular flexibility index (Phi) is 4.34. The summed E-state index contributed by atoms with van der Waals surface area (Å²) >= 11 is 1.89. The largest absolute Gasteiger partial charge is 0.314 e. The average molecular weight is 264 g/mol. The van der Waals surface area contributed by atoms with E-state index in [1.807, 2.05) is 11.3 Å². The number of hydrogen-bond donors (Lipinski definition) is 1. The van der Waals surface area contributed by atoms with Crippen molar-refractivity contribution < 1.29 is 0 Å². The number of thiophene rings is 1. The first-order valence-electron chi connectivity index (χ1n) is 7.38. The van der Waals surface area contributed by atoms with Crippen molar-refractivity contribution in [1.82, 2.24) is 10.2 Å². The number of piperidine rings is 1. The molecule has 0 aromatic carbocycles. The molecule has 2 nitrogen and oxygen atoms in total. The maximum absolute atomic E-state index is 3.68. The Morgan fingerprint density at radius 1 is 1.22 bits per heavy atom. The Bertz CT molecular complexity index is 337. The monoisotopic (exact) mass is 264 g/mol. The zero-order valence-corrected chi connectivity index (χ0v) is 11.9. The van der Waals surface area contributed by atoms with Gasteiger partial charge in [-0.2, -0.15) is 0 Å². The van der Waals surface area contributed by atoms with Gasteiger partial charge in [0.15, 0.2) is 0 Å². The fraction of sp³-hybridized carbons (Fsp3) is 0.733. The van der Waals surface area contributed by atoms with E-state index in [-0.39, 0.29) is 0 Å². The third kappa shape index (κ3) is 3.81. The second kappa shape index (κ2) is 6.18. The summed E-state index contributed by atoms with van der Waals surface area (Å²) in [6.45, 7) is 5.14. The Morgan fingerprint density at radius 3 is 2.72 bits per heavy atom. The van der Waals surface area contributed by atoms with E-state index in [1.54, 1.807) is 0 Å². The van der Waals surface area contributed by atoms with E-state index < -0.39 is 0 Å². The summed E-state index contributed by atoms with van der Waals surface area (Å²) in [6.07, 6.45) is 6.86. The lowest BCUT2D eigenvalue weighted by Crippen LogP contribution is -2.38. The standard InChI is InChI=1S/C15H24N2S/c1-2-15(18-11-1)7-10-17-8-5-13(6-9-17)12-16-14-3-4-14/h1-2,11,13-14,16H,3-10,12H2. The van der Waals surface area contributed by atoms with Gasteiger partial charge in [0.25, 0.3) is 0 Å². The van der Waals surface area contributed by atoms with Gasteiger partial charge >= 0.3 is 0 Å². The minimum absolute atomic E-state index is 0.877. The van der Waals surface area contributed by atoms with Crippen LogP contribution in [0.5, 0.6) is 0 Å². The highest BCUT2D eigenvalue weighted by molar-refractivity contribution is 7.09. The van der Waals surface area contributed by atoms with E-state index >= 15 is 0 Å². The topological polar surface area (TPSA) is 15.3 Å². The van der Waals surface area contributed by atoms with Crippen LogP contribution in [0.3, 0.4) is 0 Å². The molecule has 1 N–H and O–H groups in total. The van der Waals surface area contributed by atoms with Crippen LogP contribution in [-0.2, 0) is 6.42 Å². The normalized spacial score (nSPS) is 22.4. The molecule has 3 rings (SSSR count). The highest BCUT2D eigenvalue weighted by atomic mass is 32.1. The van der Waals surface area contributed by atoms with Crippen molar-refractivity contribution in [3.05, 3.63) is 22.4 Å². The molecule has 1 saturated heterocycles. The molecule has 0 unspecified atom stereocenters. The van der Waals surface area contributed by atoms with Gasteiger partial charge in [0.2, 0.25) is 0 Å². The van der Waals surface area contributed by atoms with Crippen LogP contribution < -0.4 is 5.32 Å². The Balaban J connectivity index is 1.32. The first-order valence-corrected chi connectivity index (χ1v) is 8.26. The third-order valence-corrected chi connectivity index (χ3v) is 5.17. The molecule has 2 fully saturated rings. The van der Waals surface area contributed by atoms with Crippen molar-refractivity contribution >= 4 is 11.3 Å². The van der Waals surface area contributed by atoms with Crippen molar-refractivity contribution in [3.8, 4) is 0 Å². The first-order chi connectivity index (χ1) is 8.90. The summed E-state index contributed by atoms with van der Waals surface area (Å²) in [4.78, 5) is 4.18. The number of likely N-dealkylation sites (tertiary alicyclic amines) is 1. The number of rotatable bonds is 6. The minimum Gasteiger partial charge on any atom is -0.314 e. The zero-order valence-electron chi connectivity index (χ0n) is 11.1. The van der Waals surface area contributed by atoms with Crippen LogP contribution in [0.4, 0.5) is 0 Å². The van der Waals surface area contributed by atoms with Gasteiger partial charge in [0.1, 0.15) is 0 Å². The van der Waals surface area contributed by atoms with Crippen molar-refractivity contribution in [3.63, 3.8) is 0 Å². The molecule has 100 valence electrons. The van der Waals surface area contributed by atoms with E-state index in [9.17, 15) is 0 Å². The quantitative estimate of drug-likeness (QED) is 0.850. The fourth-order valence-corrected chi connectivity index (χ4v) is 3.46. The first kappa shape index (κ1) is 12.6. The molecule has 3 heteroatoms. The highest BCUT2D eigenvalue weighted by Gasteiger charge is 2.24. The third-order valence-electron chi connectivity index (χ3n) is 4.23. The van der Waals surface area contributed by atoms with Gasteiger partial charge in [-0.1, -0.05) is 6.07 Å². The average Bonchev–Trinajstić information content (AvgIpc) is 3.09. The van der Waals surface area contributed by atoms with Gasteiger partial charge in [0, 0.05) is 17.5 Å². The molecule has 0 atom stereocenters. The molecular weight excluding hydrogens is 240 g/mol. The maximum Gasteiger partial charge on any atom is 0.00683 e. The van der Waals surface area contributed by atoms with Crippen LogP contribution in [0.2, 0.25) is 0 Å². The second-order valence-electron chi connectivity index (χ2n) is 5.80. The highest BCUT2D eigenvalue weighted by Crippen LogP contribution is 2.22. The molecule has 18 heavy (non-hydrogen) atoms.